The summed E-state index contributed by atoms with van der Waals surface area (Å²) in [5, 5.41) is 6.92. The van der Waals surface area contributed by atoms with Crippen molar-refractivity contribution in [2.75, 3.05) is 36.1 Å². The summed E-state index contributed by atoms with van der Waals surface area (Å²) in [5.74, 6) is 0.618. The van der Waals surface area contributed by atoms with Crippen molar-refractivity contribution < 1.29 is 17.9 Å². The standard InChI is InChI=1S/C26H27F3N8O.ClH/c1-38-21-6-2-5-18(27)24(21)25-19(31)7-8-22(35-25)34-23-10-20(36-9-3-4-16(30)14-36)17(12-32-23)15-11-33-37(13-15)26(28)29;/h2,5-8,10-13,16,26H,3-4,9,14,30-31H2,1H3,(H,32,34,35);1H/t16-;/m0./s1. The first kappa shape index (κ1) is 28.0. The third-order valence-electron chi connectivity index (χ3n) is 6.41. The maximum Gasteiger partial charge on any atom is 0.333 e. The van der Waals surface area contributed by atoms with Gasteiger partial charge in [-0.25, -0.2) is 19.0 Å². The molecule has 1 saturated heterocycles. The minimum absolute atomic E-state index is 0. The van der Waals surface area contributed by atoms with E-state index in [9.17, 15) is 13.2 Å². The van der Waals surface area contributed by atoms with Gasteiger partial charge in [-0.2, -0.15) is 13.9 Å². The smallest absolute Gasteiger partial charge is 0.333 e. The van der Waals surface area contributed by atoms with Crippen LogP contribution in [0.3, 0.4) is 0 Å². The van der Waals surface area contributed by atoms with E-state index in [4.69, 9.17) is 16.2 Å². The van der Waals surface area contributed by atoms with Crippen LogP contribution in [-0.2, 0) is 0 Å². The first-order chi connectivity index (χ1) is 18.3. The third kappa shape index (κ3) is 5.86. The van der Waals surface area contributed by atoms with Gasteiger partial charge in [-0.05, 0) is 37.1 Å². The lowest BCUT2D eigenvalue weighted by atomic mass is 10.0. The van der Waals surface area contributed by atoms with Crippen LogP contribution >= 0.6 is 12.4 Å². The fourth-order valence-electron chi connectivity index (χ4n) is 4.59. The molecule has 1 aliphatic heterocycles. The zero-order chi connectivity index (χ0) is 26.8. The Balaban J connectivity index is 0.00000353. The molecule has 5 N–H and O–H groups in total. The Hall–Kier alpha value is -4.03. The number of nitrogens with zero attached hydrogens (tertiary/aromatic N) is 5. The van der Waals surface area contributed by atoms with E-state index in [2.05, 4.69) is 25.3 Å². The number of benzene rings is 1. The summed E-state index contributed by atoms with van der Waals surface area (Å²) in [4.78, 5) is 11.1. The lowest BCUT2D eigenvalue weighted by Gasteiger charge is -2.34. The number of rotatable bonds is 7. The van der Waals surface area contributed by atoms with Crippen LogP contribution in [0, 0.1) is 5.82 Å². The van der Waals surface area contributed by atoms with Gasteiger partial charge in [-0.3, -0.25) is 0 Å². The van der Waals surface area contributed by atoms with E-state index in [1.807, 2.05) is 6.07 Å². The SMILES string of the molecule is COc1cccc(F)c1-c1nc(Nc2cc(N3CCC[C@H](N)C3)c(-c3cnn(C(F)F)c3)cn2)ccc1N.Cl. The monoisotopic (exact) mass is 560 g/mol. The highest BCUT2D eigenvalue weighted by Gasteiger charge is 2.23. The number of nitrogens with one attached hydrogen (secondary N) is 1. The van der Waals surface area contributed by atoms with E-state index in [0.29, 0.717) is 39.7 Å². The number of aromatic nitrogens is 4. The molecule has 0 unspecified atom stereocenters. The fourth-order valence-corrected chi connectivity index (χ4v) is 4.59. The van der Waals surface area contributed by atoms with Crippen molar-refractivity contribution in [2.45, 2.75) is 25.4 Å². The highest BCUT2D eigenvalue weighted by atomic mass is 35.5. The normalized spacial score (nSPS) is 15.2. The van der Waals surface area contributed by atoms with Gasteiger partial charge in [-0.15, -0.1) is 12.4 Å². The van der Waals surface area contributed by atoms with Gasteiger partial charge in [0.1, 0.15) is 28.9 Å². The summed E-state index contributed by atoms with van der Waals surface area (Å²) in [6, 6.07) is 9.56. The molecule has 4 aromatic rings. The van der Waals surface area contributed by atoms with Gasteiger partial charge in [0.05, 0.1) is 24.6 Å². The molecule has 1 atom stereocenters. The van der Waals surface area contributed by atoms with E-state index in [1.54, 1.807) is 30.5 Å². The predicted octanol–water partition coefficient (Wildman–Crippen LogP) is 5.23. The van der Waals surface area contributed by atoms with E-state index in [-0.39, 0.29) is 35.4 Å². The number of ether oxygens (including phenoxy) is 1. The van der Waals surface area contributed by atoms with Crippen molar-refractivity contribution in [2.24, 2.45) is 5.73 Å². The van der Waals surface area contributed by atoms with Crippen LogP contribution < -0.4 is 26.4 Å². The largest absolute Gasteiger partial charge is 0.496 e. The summed E-state index contributed by atoms with van der Waals surface area (Å²) in [7, 11) is 1.45. The Kier molecular flexibility index (Phi) is 8.46. The topological polar surface area (TPSA) is 120 Å². The van der Waals surface area contributed by atoms with Gasteiger partial charge in [0, 0.05) is 54.4 Å². The van der Waals surface area contributed by atoms with Crippen LogP contribution in [0.5, 0.6) is 5.75 Å². The van der Waals surface area contributed by atoms with Crippen molar-refractivity contribution in [1.29, 1.82) is 0 Å². The molecule has 1 aliphatic rings. The molecular weight excluding hydrogens is 533 g/mol. The van der Waals surface area contributed by atoms with Crippen molar-refractivity contribution in [3.05, 3.63) is 60.8 Å². The number of halogens is 4. The second-order valence-corrected chi connectivity index (χ2v) is 9.00. The van der Waals surface area contributed by atoms with Crippen LogP contribution in [0.2, 0.25) is 0 Å². The average molecular weight is 561 g/mol. The van der Waals surface area contributed by atoms with Gasteiger partial charge in [0.15, 0.2) is 0 Å². The molecule has 206 valence electrons. The Morgan fingerprint density at radius 3 is 2.69 bits per heavy atom. The maximum absolute atomic E-state index is 14.7. The minimum Gasteiger partial charge on any atom is -0.496 e. The highest BCUT2D eigenvalue weighted by Crippen LogP contribution is 2.37. The first-order valence-corrected chi connectivity index (χ1v) is 12.0. The van der Waals surface area contributed by atoms with Gasteiger partial charge in [0.25, 0.3) is 0 Å². The molecule has 0 bridgehead atoms. The Morgan fingerprint density at radius 2 is 1.97 bits per heavy atom. The predicted molar refractivity (Wildman–Crippen MR) is 147 cm³/mol. The Labute approximate surface area is 229 Å². The van der Waals surface area contributed by atoms with Crippen LogP contribution in [0.15, 0.2) is 55.0 Å². The molecule has 0 saturated carbocycles. The number of alkyl halides is 2. The zero-order valence-corrected chi connectivity index (χ0v) is 21.8. The van der Waals surface area contributed by atoms with E-state index < -0.39 is 12.4 Å². The van der Waals surface area contributed by atoms with Crippen LogP contribution in [0.25, 0.3) is 22.4 Å². The molecule has 0 amide bonds. The number of pyridine rings is 2. The van der Waals surface area contributed by atoms with Gasteiger partial charge in [-0.1, -0.05) is 6.07 Å². The zero-order valence-electron chi connectivity index (χ0n) is 21.0. The highest BCUT2D eigenvalue weighted by molar-refractivity contribution is 5.85. The van der Waals surface area contributed by atoms with E-state index in [0.717, 1.165) is 25.1 Å². The Bertz CT molecular complexity index is 1450. The summed E-state index contributed by atoms with van der Waals surface area (Å²) in [6.45, 7) is -1.38. The number of methoxy groups -OCH3 is 1. The first-order valence-electron chi connectivity index (χ1n) is 12.0. The molecule has 0 aliphatic carbocycles. The lowest BCUT2D eigenvalue weighted by Crippen LogP contribution is -2.43. The number of anilines is 4. The number of hydrogen-bond acceptors (Lipinski definition) is 8. The van der Waals surface area contributed by atoms with Crippen LogP contribution in [-0.4, -0.2) is 46.0 Å². The third-order valence-corrected chi connectivity index (χ3v) is 6.41. The summed E-state index contributed by atoms with van der Waals surface area (Å²) in [5.41, 5.74) is 15.0. The molecule has 9 nitrogen and oxygen atoms in total. The molecule has 1 aromatic carbocycles. The fraction of sp³-hybridized carbons (Fsp3) is 0.269. The van der Waals surface area contributed by atoms with Gasteiger partial charge >= 0.3 is 6.55 Å². The number of nitrogen functional groups attached to an aromatic ring is 1. The number of nitrogens with two attached hydrogens (primary N) is 2. The van der Waals surface area contributed by atoms with Crippen molar-refractivity contribution >= 4 is 35.4 Å². The Morgan fingerprint density at radius 1 is 1.15 bits per heavy atom. The molecule has 0 radical (unpaired) electrons. The molecule has 13 heteroatoms. The number of hydrogen-bond donors (Lipinski definition) is 3. The molecule has 39 heavy (non-hydrogen) atoms. The maximum atomic E-state index is 14.7. The second kappa shape index (κ2) is 11.8. The molecule has 4 heterocycles. The minimum atomic E-state index is -2.75. The number of piperidine rings is 1. The second-order valence-electron chi connectivity index (χ2n) is 9.00. The molecule has 0 spiro atoms. The summed E-state index contributed by atoms with van der Waals surface area (Å²) in [6.07, 6.45) is 6.08. The van der Waals surface area contributed by atoms with E-state index in [1.165, 1.54) is 25.6 Å². The van der Waals surface area contributed by atoms with Crippen LogP contribution in [0.4, 0.5) is 36.2 Å². The average Bonchev–Trinajstić information content (AvgIpc) is 3.40. The van der Waals surface area contributed by atoms with E-state index >= 15 is 0 Å². The summed E-state index contributed by atoms with van der Waals surface area (Å²) >= 11 is 0. The molecular formula is C26H28ClF3N8O. The molecule has 3 aromatic heterocycles. The van der Waals surface area contributed by atoms with Crippen molar-refractivity contribution in [3.63, 3.8) is 0 Å². The van der Waals surface area contributed by atoms with Crippen molar-refractivity contribution in [3.8, 4) is 28.1 Å². The quantitative estimate of drug-likeness (QED) is 0.281. The van der Waals surface area contributed by atoms with Gasteiger partial charge < -0.3 is 26.4 Å². The summed E-state index contributed by atoms with van der Waals surface area (Å²) < 4.78 is 47.0. The lowest BCUT2D eigenvalue weighted by molar-refractivity contribution is 0.0566. The molecule has 5 rings (SSSR count). The van der Waals surface area contributed by atoms with Gasteiger partial charge in [0.2, 0.25) is 0 Å². The molecule has 1 fully saturated rings. The van der Waals surface area contributed by atoms with Crippen molar-refractivity contribution in [1.82, 2.24) is 19.7 Å². The van der Waals surface area contributed by atoms with Crippen LogP contribution in [0.1, 0.15) is 19.4 Å².